The van der Waals surface area contributed by atoms with Gasteiger partial charge in [0.15, 0.2) is 0 Å². The van der Waals surface area contributed by atoms with Gasteiger partial charge < -0.3 is 10.2 Å². The molecule has 0 atom stereocenters. The number of carbonyl (C=O) groups is 3. The number of hydrogen-bond acceptors (Lipinski definition) is 3. The van der Waals surface area contributed by atoms with Crippen LogP contribution in [0.5, 0.6) is 0 Å². The second kappa shape index (κ2) is 5.32. The van der Waals surface area contributed by atoms with Gasteiger partial charge in [0, 0.05) is 12.7 Å². The Balaban J connectivity index is 2.03. The predicted molar refractivity (Wildman–Crippen MR) is 74.3 cm³/mol. The number of hydrogen-bond donors (Lipinski definition) is 1. The van der Waals surface area contributed by atoms with E-state index >= 15 is 0 Å². The monoisotopic (exact) mass is 275 g/mol. The van der Waals surface area contributed by atoms with E-state index in [1.54, 1.807) is 0 Å². The summed E-state index contributed by atoms with van der Waals surface area (Å²) in [4.78, 5) is 37.4. The maximum absolute atomic E-state index is 11.9. The normalized spacial score (nSPS) is 14.9. The number of likely N-dealkylation sites (N-methyl/N-ethyl adjacent to an activating group) is 1. The van der Waals surface area contributed by atoms with Crippen molar-refractivity contribution in [2.45, 2.75) is 13.8 Å². The first-order chi connectivity index (χ1) is 9.38. The molecule has 0 radical (unpaired) electrons. The van der Waals surface area contributed by atoms with E-state index in [1.165, 1.54) is 11.9 Å². The van der Waals surface area contributed by atoms with Crippen LogP contribution in [0.4, 0.5) is 10.5 Å². The Morgan fingerprint density at radius 1 is 1.30 bits per heavy atom. The molecule has 1 aromatic rings. The van der Waals surface area contributed by atoms with Gasteiger partial charge in [-0.05, 0) is 25.5 Å². The molecule has 2 rings (SSSR count). The standard InChI is InChI=1S/C14H17N3O3/c1-9-4-5-11(10(2)6-9)15-12(18)7-17-13(19)8-16(3)14(17)20/h4-6H,7-8H2,1-3H3,(H,15,18). The molecule has 1 saturated heterocycles. The zero-order chi connectivity index (χ0) is 14.9. The minimum Gasteiger partial charge on any atom is -0.324 e. The van der Waals surface area contributed by atoms with Crippen LogP contribution in [0.25, 0.3) is 0 Å². The topological polar surface area (TPSA) is 69.7 Å². The van der Waals surface area contributed by atoms with Crippen molar-refractivity contribution in [1.29, 1.82) is 0 Å². The van der Waals surface area contributed by atoms with Crippen LogP contribution in [0.1, 0.15) is 11.1 Å². The average Bonchev–Trinajstić information content (AvgIpc) is 2.60. The van der Waals surface area contributed by atoms with Crippen LogP contribution >= 0.6 is 0 Å². The summed E-state index contributed by atoms with van der Waals surface area (Å²) in [6, 6.07) is 5.21. The Labute approximate surface area is 117 Å². The molecule has 0 unspecified atom stereocenters. The molecule has 1 aromatic carbocycles. The number of anilines is 1. The quantitative estimate of drug-likeness (QED) is 0.841. The van der Waals surface area contributed by atoms with Crippen LogP contribution in [0.3, 0.4) is 0 Å². The molecule has 6 heteroatoms. The number of nitrogens with one attached hydrogen (secondary N) is 1. The van der Waals surface area contributed by atoms with Gasteiger partial charge in [0.05, 0.1) is 0 Å². The lowest BCUT2D eigenvalue weighted by molar-refractivity contribution is -0.129. The molecule has 20 heavy (non-hydrogen) atoms. The summed E-state index contributed by atoms with van der Waals surface area (Å²) in [5.41, 5.74) is 2.73. The number of carbonyl (C=O) groups excluding carboxylic acids is 3. The second-order valence-electron chi connectivity index (χ2n) is 4.99. The maximum atomic E-state index is 11.9. The number of urea groups is 1. The fourth-order valence-corrected chi connectivity index (χ4v) is 2.11. The SMILES string of the molecule is Cc1ccc(NC(=O)CN2C(=O)CN(C)C2=O)c(C)c1. The highest BCUT2D eigenvalue weighted by Gasteiger charge is 2.34. The molecule has 6 nitrogen and oxygen atoms in total. The molecule has 1 fully saturated rings. The molecule has 1 aliphatic rings. The zero-order valence-corrected chi connectivity index (χ0v) is 11.8. The molecule has 0 saturated carbocycles. The van der Waals surface area contributed by atoms with Gasteiger partial charge >= 0.3 is 6.03 Å². The first-order valence-corrected chi connectivity index (χ1v) is 6.31. The third-order valence-corrected chi connectivity index (χ3v) is 3.19. The van der Waals surface area contributed by atoms with Crippen LogP contribution in [-0.4, -0.2) is 47.8 Å². The highest BCUT2D eigenvalue weighted by molar-refractivity contribution is 6.06. The van der Waals surface area contributed by atoms with Crippen molar-refractivity contribution in [3.05, 3.63) is 29.3 Å². The maximum Gasteiger partial charge on any atom is 0.327 e. The van der Waals surface area contributed by atoms with Crippen molar-refractivity contribution in [2.24, 2.45) is 0 Å². The zero-order valence-electron chi connectivity index (χ0n) is 11.8. The average molecular weight is 275 g/mol. The van der Waals surface area contributed by atoms with Crippen molar-refractivity contribution in [1.82, 2.24) is 9.80 Å². The summed E-state index contributed by atoms with van der Waals surface area (Å²) in [6.07, 6.45) is 0. The summed E-state index contributed by atoms with van der Waals surface area (Å²) >= 11 is 0. The lowest BCUT2D eigenvalue weighted by Gasteiger charge is -2.14. The molecule has 1 N–H and O–H groups in total. The molecule has 0 spiro atoms. The lowest BCUT2D eigenvalue weighted by atomic mass is 10.1. The third kappa shape index (κ3) is 2.79. The van der Waals surface area contributed by atoms with Crippen molar-refractivity contribution in [3.8, 4) is 0 Å². The van der Waals surface area contributed by atoms with Gasteiger partial charge in [-0.2, -0.15) is 0 Å². The molecule has 1 aliphatic heterocycles. The van der Waals surface area contributed by atoms with Crippen LogP contribution in [-0.2, 0) is 9.59 Å². The van der Waals surface area contributed by atoms with Crippen LogP contribution in [0, 0.1) is 13.8 Å². The molecule has 0 aliphatic carbocycles. The third-order valence-electron chi connectivity index (χ3n) is 3.19. The number of aryl methyl sites for hydroxylation is 2. The van der Waals surface area contributed by atoms with Gasteiger partial charge in [0.2, 0.25) is 5.91 Å². The Kier molecular flexibility index (Phi) is 3.74. The van der Waals surface area contributed by atoms with E-state index in [2.05, 4.69) is 5.32 Å². The van der Waals surface area contributed by atoms with Gasteiger partial charge in [-0.15, -0.1) is 0 Å². The molecule has 0 bridgehead atoms. The van der Waals surface area contributed by atoms with Gasteiger partial charge in [-0.3, -0.25) is 14.5 Å². The van der Waals surface area contributed by atoms with E-state index in [0.717, 1.165) is 16.0 Å². The van der Waals surface area contributed by atoms with Crippen molar-refractivity contribution in [3.63, 3.8) is 0 Å². The van der Waals surface area contributed by atoms with E-state index in [-0.39, 0.29) is 24.9 Å². The Hall–Kier alpha value is -2.37. The molecule has 1 heterocycles. The van der Waals surface area contributed by atoms with E-state index in [9.17, 15) is 14.4 Å². The van der Waals surface area contributed by atoms with E-state index in [1.807, 2.05) is 32.0 Å². The summed E-state index contributed by atoms with van der Waals surface area (Å²) in [5, 5.41) is 2.72. The second-order valence-corrected chi connectivity index (χ2v) is 4.99. The van der Waals surface area contributed by atoms with Gasteiger partial charge in [-0.25, -0.2) is 4.79 Å². The van der Waals surface area contributed by atoms with Crippen molar-refractivity contribution < 1.29 is 14.4 Å². The van der Waals surface area contributed by atoms with Crippen molar-refractivity contribution in [2.75, 3.05) is 25.5 Å². The number of amides is 4. The molecular formula is C14H17N3O3. The number of nitrogens with zero attached hydrogens (tertiary/aromatic N) is 2. The van der Waals surface area contributed by atoms with Crippen LogP contribution < -0.4 is 5.32 Å². The number of rotatable bonds is 3. The highest BCUT2D eigenvalue weighted by Crippen LogP contribution is 2.16. The first-order valence-electron chi connectivity index (χ1n) is 6.31. The molecule has 0 aromatic heterocycles. The van der Waals surface area contributed by atoms with Gasteiger partial charge in [0.25, 0.3) is 5.91 Å². The molecule has 106 valence electrons. The van der Waals surface area contributed by atoms with E-state index in [4.69, 9.17) is 0 Å². The Bertz CT molecular complexity index is 583. The summed E-state index contributed by atoms with van der Waals surface area (Å²) in [5.74, 6) is -0.734. The fourth-order valence-electron chi connectivity index (χ4n) is 2.11. The minimum atomic E-state index is -0.439. The summed E-state index contributed by atoms with van der Waals surface area (Å²) in [6.45, 7) is 3.63. The number of benzene rings is 1. The summed E-state index contributed by atoms with van der Waals surface area (Å²) in [7, 11) is 1.53. The smallest absolute Gasteiger partial charge is 0.324 e. The molecule has 4 amide bonds. The van der Waals surface area contributed by atoms with Gasteiger partial charge in [-0.1, -0.05) is 17.7 Å². The molecular weight excluding hydrogens is 258 g/mol. The van der Waals surface area contributed by atoms with Crippen LogP contribution in [0.15, 0.2) is 18.2 Å². The Morgan fingerprint density at radius 3 is 2.55 bits per heavy atom. The van der Waals surface area contributed by atoms with Gasteiger partial charge in [0.1, 0.15) is 13.1 Å². The predicted octanol–water partition coefficient (Wildman–Crippen LogP) is 1.14. The first kappa shape index (κ1) is 14.0. The number of imide groups is 1. The lowest BCUT2D eigenvalue weighted by Crippen LogP contribution is -2.38. The van der Waals surface area contributed by atoms with E-state index in [0.29, 0.717) is 5.69 Å². The van der Waals surface area contributed by atoms with Crippen LogP contribution in [0.2, 0.25) is 0 Å². The van der Waals surface area contributed by atoms with E-state index < -0.39 is 6.03 Å². The Morgan fingerprint density at radius 2 is 2.00 bits per heavy atom. The van der Waals surface area contributed by atoms with Crippen molar-refractivity contribution >= 4 is 23.5 Å². The largest absolute Gasteiger partial charge is 0.327 e. The minimum absolute atomic E-state index is 0.0235. The fraction of sp³-hybridized carbons (Fsp3) is 0.357. The summed E-state index contributed by atoms with van der Waals surface area (Å²) < 4.78 is 0. The highest BCUT2D eigenvalue weighted by atomic mass is 16.2.